The molecular formula is C18H23N3. The van der Waals surface area contributed by atoms with E-state index in [0.29, 0.717) is 6.04 Å². The van der Waals surface area contributed by atoms with Gasteiger partial charge in [0.25, 0.3) is 0 Å². The van der Waals surface area contributed by atoms with Gasteiger partial charge in [0.05, 0.1) is 0 Å². The fraction of sp³-hybridized carbons (Fsp3) is 0.389. The van der Waals surface area contributed by atoms with E-state index in [0.717, 1.165) is 18.1 Å². The molecule has 2 heterocycles. The summed E-state index contributed by atoms with van der Waals surface area (Å²) in [5, 5.41) is 3.11. The first-order valence-corrected chi connectivity index (χ1v) is 7.71. The molecule has 0 radical (unpaired) electrons. The molecule has 2 aromatic rings. The van der Waals surface area contributed by atoms with Crippen molar-refractivity contribution in [2.45, 2.75) is 32.4 Å². The molecule has 0 bridgehead atoms. The maximum atomic E-state index is 4.64. The van der Waals surface area contributed by atoms with Gasteiger partial charge in [-0.05, 0) is 43.5 Å². The Kier molecular flexibility index (Phi) is 4.20. The third-order valence-corrected chi connectivity index (χ3v) is 4.33. The van der Waals surface area contributed by atoms with Crippen LogP contribution in [0.2, 0.25) is 0 Å². The lowest BCUT2D eigenvalue weighted by atomic mass is 10.0. The molecule has 1 aliphatic heterocycles. The van der Waals surface area contributed by atoms with Gasteiger partial charge in [0, 0.05) is 25.3 Å². The van der Waals surface area contributed by atoms with Gasteiger partial charge in [0.1, 0.15) is 5.82 Å². The van der Waals surface area contributed by atoms with Crippen LogP contribution in [0.1, 0.15) is 35.7 Å². The number of aryl methyl sites for hydroxylation is 1. The van der Waals surface area contributed by atoms with E-state index in [1.807, 2.05) is 7.05 Å². The number of pyridine rings is 1. The average Bonchev–Trinajstić information content (AvgIpc) is 2.96. The smallest absolute Gasteiger partial charge is 0.125 e. The summed E-state index contributed by atoms with van der Waals surface area (Å²) in [6.45, 7) is 4.32. The number of rotatable bonds is 4. The highest BCUT2D eigenvalue weighted by molar-refractivity contribution is 5.39. The lowest BCUT2D eigenvalue weighted by Crippen LogP contribution is -2.23. The van der Waals surface area contributed by atoms with Crippen LogP contribution in [-0.4, -0.2) is 23.5 Å². The molecule has 1 N–H and O–H groups in total. The molecule has 1 atom stereocenters. The maximum absolute atomic E-state index is 4.64. The molecule has 3 nitrogen and oxygen atoms in total. The van der Waals surface area contributed by atoms with Gasteiger partial charge in [-0.2, -0.15) is 0 Å². The zero-order valence-electron chi connectivity index (χ0n) is 12.8. The van der Waals surface area contributed by atoms with Gasteiger partial charge in [-0.3, -0.25) is 4.90 Å². The second kappa shape index (κ2) is 6.27. The maximum Gasteiger partial charge on any atom is 0.125 e. The molecule has 1 aliphatic rings. The first-order chi connectivity index (χ1) is 10.3. The van der Waals surface area contributed by atoms with Crippen LogP contribution in [0.4, 0.5) is 5.82 Å². The third-order valence-electron chi connectivity index (χ3n) is 4.33. The summed E-state index contributed by atoms with van der Waals surface area (Å²) in [6, 6.07) is 15.6. The van der Waals surface area contributed by atoms with E-state index in [1.165, 1.54) is 30.5 Å². The molecular weight excluding hydrogens is 258 g/mol. The summed E-state index contributed by atoms with van der Waals surface area (Å²) in [5.74, 6) is 0.948. The number of nitrogens with one attached hydrogen (secondary N) is 1. The van der Waals surface area contributed by atoms with E-state index in [-0.39, 0.29) is 0 Å². The lowest BCUT2D eigenvalue weighted by Gasteiger charge is -2.26. The van der Waals surface area contributed by atoms with Crippen molar-refractivity contribution in [1.29, 1.82) is 0 Å². The predicted octanol–water partition coefficient (Wildman–Crippen LogP) is 3.77. The van der Waals surface area contributed by atoms with Gasteiger partial charge in [-0.1, -0.05) is 36.4 Å². The van der Waals surface area contributed by atoms with Gasteiger partial charge >= 0.3 is 0 Å². The fourth-order valence-corrected chi connectivity index (χ4v) is 3.25. The number of hydrogen-bond donors (Lipinski definition) is 1. The van der Waals surface area contributed by atoms with Crippen LogP contribution >= 0.6 is 0 Å². The molecule has 1 aromatic carbocycles. The normalized spacial score (nSPS) is 18.9. The van der Waals surface area contributed by atoms with Crippen LogP contribution in [0.3, 0.4) is 0 Å². The van der Waals surface area contributed by atoms with Crippen molar-refractivity contribution < 1.29 is 0 Å². The highest BCUT2D eigenvalue weighted by Gasteiger charge is 2.27. The van der Waals surface area contributed by atoms with Crippen LogP contribution in [0, 0.1) is 6.92 Å². The Balaban J connectivity index is 1.80. The van der Waals surface area contributed by atoms with Crippen molar-refractivity contribution in [2.24, 2.45) is 0 Å². The van der Waals surface area contributed by atoms with E-state index in [1.54, 1.807) is 0 Å². The SMILES string of the molecule is CNc1ccc([C@H]2CCCN2Cc2ccccc2)c(C)n1. The molecule has 3 heteroatoms. The molecule has 0 unspecified atom stereocenters. The van der Waals surface area contributed by atoms with Crippen molar-refractivity contribution >= 4 is 5.82 Å². The molecule has 21 heavy (non-hydrogen) atoms. The van der Waals surface area contributed by atoms with Gasteiger partial charge in [0.2, 0.25) is 0 Å². The molecule has 1 fully saturated rings. The van der Waals surface area contributed by atoms with Crippen LogP contribution in [0.15, 0.2) is 42.5 Å². The first kappa shape index (κ1) is 14.1. The molecule has 0 saturated carbocycles. The Morgan fingerprint density at radius 3 is 2.71 bits per heavy atom. The van der Waals surface area contributed by atoms with Crippen molar-refractivity contribution in [3.63, 3.8) is 0 Å². The molecule has 0 amide bonds. The van der Waals surface area contributed by atoms with Gasteiger partial charge in [-0.25, -0.2) is 4.98 Å². The zero-order chi connectivity index (χ0) is 14.7. The predicted molar refractivity (Wildman–Crippen MR) is 87.3 cm³/mol. The molecule has 110 valence electrons. The van der Waals surface area contributed by atoms with E-state index >= 15 is 0 Å². The number of likely N-dealkylation sites (tertiary alicyclic amines) is 1. The van der Waals surface area contributed by atoms with Crippen LogP contribution < -0.4 is 5.32 Å². The Morgan fingerprint density at radius 2 is 2.00 bits per heavy atom. The van der Waals surface area contributed by atoms with Crippen molar-refractivity contribution in [3.05, 3.63) is 59.3 Å². The zero-order valence-corrected chi connectivity index (χ0v) is 12.8. The molecule has 3 rings (SSSR count). The number of anilines is 1. The average molecular weight is 281 g/mol. The second-order valence-corrected chi connectivity index (χ2v) is 5.74. The largest absolute Gasteiger partial charge is 0.373 e. The Bertz CT molecular complexity index is 595. The van der Waals surface area contributed by atoms with Crippen molar-refractivity contribution in [3.8, 4) is 0 Å². The quantitative estimate of drug-likeness (QED) is 0.924. The lowest BCUT2D eigenvalue weighted by molar-refractivity contribution is 0.247. The van der Waals surface area contributed by atoms with Gasteiger partial charge in [-0.15, -0.1) is 0 Å². The summed E-state index contributed by atoms with van der Waals surface area (Å²) in [5.41, 5.74) is 3.91. The standard InChI is InChI=1S/C18H23N3/c1-14-16(10-11-18(19-2)20-14)17-9-6-12-21(17)13-15-7-4-3-5-8-15/h3-5,7-8,10-11,17H,6,9,12-13H2,1-2H3,(H,19,20)/t17-/m1/s1. The highest BCUT2D eigenvalue weighted by Crippen LogP contribution is 2.34. The van der Waals surface area contributed by atoms with Gasteiger partial charge in [0.15, 0.2) is 0 Å². The van der Waals surface area contributed by atoms with E-state index in [2.05, 4.69) is 64.6 Å². The van der Waals surface area contributed by atoms with Crippen molar-refractivity contribution in [1.82, 2.24) is 9.88 Å². The molecule has 0 aliphatic carbocycles. The summed E-state index contributed by atoms with van der Waals surface area (Å²) >= 11 is 0. The monoisotopic (exact) mass is 281 g/mol. The van der Waals surface area contributed by atoms with Crippen LogP contribution in [-0.2, 0) is 6.54 Å². The minimum Gasteiger partial charge on any atom is -0.373 e. The van der Waals surface area contributed by atoms with E-state index < -0.39 is 0 Å². The first-order valence-electron chi connectivity index (χ1n) is 7.71. The van der Waals surface area contributed by atoms with E-state index in [4.69, 9.17) is 0 Å². The van der Waals surface area contributed by atoms with Crippen molar-refractivity contribution in [2.75, 3.05) is 18.9 Å². The Morgan fingerprint density at radius 1 is 1.19 bits per heavy atom. The van der Waals surface area contributed by atoms with E-state index in [9.17, 15) is 0 Å². The summed E-state index contributed by atoms with van der Waals surface area (Å²) in [4.78, 5) is 7.22. The summed E-state index contributed by atoms with van der Waals surface area (Å²) in [7, 11) is 1.92. The van der Waals surface area contributed by atoms with Crippen LogP contribution in [0.5, 0.6) is 0 Å². The van der Waals surface area contributed by atoms with Gasteiger partial charge < -0.3 is 5.32 Å². The fourth-order valence-electron chi connectivity index (χ4n) is 3.25. The topological polar surface area (TPSA) is 28.2 Å². The second-order valence-electron chi connectivity index (χ2n) is 5.74. The minimum atomic E-state index is 0.503. The Labute approximate surface area is 127 Å². The molecule has 1 aromatic heterocycles. The minimum absolute atomic E-state index is 0.503. The molecule has 1 saturated heterocycles. The highest BCUT2D eigenvalue weighted by atomic mass is 15.2. The molecule has 0 spiro atoms. The number of nitrogens with zero attached hydrogens (tertiary/aromatic N) is 2. The number of benzene rings is 1. The number of aromatic nitrogens is 1. The third kappa shape index (κ3) is 3.08. The van der Waals surface area contributed by atoms with Crippen LogP contribution in [0.25, 0.3) is 0 Å². The summed E-state index contributed by atoms with van der Waals surface area (Å²) < 4.78 is 0. The Hall–Kier alpha value is -1.87. The summed E-state index contributed by atoms with van der Waals surface area (Å²) in [6.07, 6.45) is 2.50. The number of hydrogen-bond acceptors (Lipinski definition) is 3.